The fraction of sp³-hybridized carbons (Fsp3) is 0.200. The third-order valence-corrected chi connectivity index (χ3v) is 4.36. The van der Waals surface area contributed by atoms with E-state index in [1.165, 1.54) is 12.1 Å². The van der Waals surface area contributed by atoms with E-state index in [1.54, 1.807) is 18.2 Å². The summed E-state index contributed by atoms with van der Waals surface area (Å²) >= 11 is 0. The van der Waals surface area contributed by atoms with Crippen molar-refractivity contribution in [2.24, 2.45) is 5.16 Å². The first-order chi connectivity index (χ1) is 13.0. The molecule has 0 N–H and O–H groups in total. The Kier molecular flexibility index (Phi) is 5.30. The first kappa shape index (κ1) is 18.3. The van der Waals surface area contributed by atoms with Gasteiger partial charge in [-0.25, -0.2) is 4.79 Å². The highest BCUT2D eigenvalue weighted by molar-refractivity contribution is 6.31. The maximum absolute atomic E-state index is 12.1. The van der Waals surface area contributed by atoms with Crippen LogP contribution in [0.3, 0.4) is 0 Å². The smallest absolute Gasteiger partial charge is 0.368 e. The first-order valence-corrected chi connectivity index (χ1v) is 8.64. The van der Waals surface area contributed by atoms with E-state index >= 15 is 0 Å². The van der Waals surface area contributed by atoms with Crippen LogP contribution >= 0.6 is 0 Å². The zero-order valence-corrected chi connectivity index (χ0v) is 15.1. The van der Waals surface area contributed by atoms with E-state index in [0.717, 1.165) is 24.3 Å². The van der Waals surface area contributed by atoms with Crippen LogP contribution in [0.15, 0.2) is 59.3 Å². The number of oxime groups is 1. The standard InChI is InChI=1S/C20H19N3O4/c1-3-22(4-2)16-10-8-14(9-11-16)12-18-19(21-27-20(18)24)15-6-5-7-17(13-15)23(25)26/h5-13H,3-4H2,1-2H3. The lowest BCUT2D eigenvalue weighted by Crippen LogP contribution is -2.21. The van der Waals surface area contributed by atoms with E-state index in [2.05, 4.69) is 23.9 Å². The van der Waals surface area contributed by atoms with Crippen molar-refractivity contribution in [3.8, 4) is 0 Å². The highest BCUT2D eigenvalue weighted by atomic mass is 16.7. The molecule has 7 nitrogen and oxygen atoms in total. The van der Waals surface area contributed by atoms with E-state index in [9.17, 15) is 14.9 Å². The Morgan fingerprint density at radius 3 is 2.48 bits per heavy atom. The van der Waals surface area contributed by atoms with Crippen molar-refractivity contribution in [1.29, 1.82) is 0 Å². The van der Waals surface area contributed by atoms with Gasteiger partial charge in [0.2, 0.25) is 0 Å². The minimum absolute atomic E-state index is 0.0718. The maximum atomic E-state index is 12.1. The summed E-state index contributed by atoms with van der Waals surface area (Å²) in [6.07, 6.45) is 1.68. The summed E-state index contributed by atoms with van der Waals surface area (Å²) in [4.78, 5) is 29.6. The fourth-order valence-corrected chi connectivity index (χ4v) is 2.92. The third kappa shape index (κ3) is 3.87. The van der Waals surface area contributed by atoms with E-state index < -0.39 is 10.9 Å². The molecule has 0 aromatic heterocycles. The van der Waals surface area contributed by atoms with Crippen molar-refractivity contribution < 1.29 is 14.6 Å². The molecule has 27 heavy (non-hydrogen) atoms. The van der Waals surface area contributed by atoms with Crippen LogP contribution in [0.5, 0.6) is 0 Å². The molecule has 1 heterocycles. The highest BCUT2D eigenvalue weighted by Gasteiger charge is 2.27. The van der Waals surface area contributed by atoms with Crippen LogP contribution in [0, 0.1) is 10.1 Å². The van der Waals surface area contributed by atoms with Gasteiger partial charge < -0.3 is 9.74 Å². The van der Waals surface area contributed by atoms with Crippen LogP contribution in [-0.4, -0.2) is 29.7 Å². The maximum Gasteiger partial charge on any atom is 0.368 e. The van der Waals surface area contributed by atoms with Crippen LogP contribution in [0.4, 0.5) is 11.4 Å². The average molecular weight is 365 g/mol. The zero-order chi connectivity index (χ0) is 19.4. The number of hydrogen-bond donors (Lipinski definition) is 0. The molecule has 1 aliphatic rings. The summed E-state index contributed by atoms with van der Waals surface area (Å²) in [7, 11) is 0. The van der Waals surface area contributed by atoms with E-state index in [-0.39, 0.29) is 17.0 Å². The Morgan fingerprint density at radius 2 is 1.85 bits per heavy atom. The predicted octanol–water partition coefficient (Wildman–Crippen LogP) is 3.79. The second-order valence-corrected chi connectivity index (χ2v) is 5.95. The number of rotatable bonds is 6. The van der Waals surface area contributed by atoms with E-state index in [1.807, 2.05) is 24.3 Å². The van der Waals surface area contributed by atoms with Crippen molar-refractivity contribution in [3.63, 3.8) is 0 Å². The quantitative estimate of drug-likeness (QED) is 0.336. The Labute approximate surface area is 156 Å². The largest absolute Gasteiger partial charge is 0.372 e. The second kappa shape index (κ2) is 7.82. The Morgan fingerprint density at radius 1 is 1.15 bits per heavy atom. The highest BCUT2D eigenvalue weighted by Crippen LogP contribution is 2.24. The van der Waals surface area contributed by atoms with Gasteiger partial charge in [-0.1, -0.05) is 29.4 Å². The molecule has 138 valence electrons. The van der Waals surface area contributed by atoms with Crippen LogP contribution in [0.1, 0.15) is 25.0 Å². The molecule has 0 fully saturated rings. The molecule has 0 radical (unpaired) electrons. The number of hydrogen-bond acceptors (Lipinski definition) is 6. The Balaban J connectivity index is 1.92. The molecule has 0 atom stereocenters. The monoisotopic (exact) mass is 365 g/mol. The molecule has 0 aliphatic carbocycles. The molecule has 0 spiro atoms. The Hall–Kier alpha value is -3.48. The number of carbonyl (C=O) groups excluding carboxylic acids is 1. The lowest BCUT2D eigenvalue weighted by Gasteiger charge is -2.20. The number of nitro benzene ring substituents is 1. The minimum Gasteiger partial charge on any atom is -0.372 e. The van der Waals surface area contributed by atoms with Crippen molar-refractivity contribution in [2.45, 2.75) is 13.8 Å². The lowest BCUT2D eigenvalue weighted by atomic mass is 10.00. The van der Waals surface area contributed by atoms with Gasteiger partial charge in [-0.3, -0.25) is 10.1 Å². The molecule has 1 aliphatic heterocycles. The third-order valence-electron chi connectivity index (χ3n) is 4.36. The summed E-state index contributed by atoms with van der Waals surface area (Å²) < 4.78 is 0. The van der Waals surface area contributed by atoms with Gasteiger partial charge in [0.1, 0.15) is 5.71 Å². The molecule has 7 heteroatoms. The second-order valence-electron chi connectivity index (χ2n) is 5.95. The molecular weight excluding hydrogens is 346 g/mol. The number of nitrogens with zero attached hydrogens (tertiary/aromatic N) is 3. The SMILES string of the molecule is CCN(CC)c1ccc(C=C2C(=O)ON=C2c2cccc([N+](=O)[O-])c2)cc1. The van der Waals surface area contributed by atoms with Gasteiger partial charge in [-0.2, -0.15) is 0 Å². The Bertz CT molecular complexity index is 928. The van der Waals surface area contributed by atoms with Crippen molar-refractivity contribution in [1.82, 2.24) is 0 Å². The summed E-state index contributed by atoms with van der Waals surface area (Å²) in [6, 6.07) is 13.8. The van der Waals surface area contributed by atoms with Gasteiger partial charge >= 0.3 is 5.97 Å². The summed E-state index contributed by atoms with van der Waals surface area (Å²) in [5, 5.41) is 14.8. The minimum atomic E-state index is -0.579. The fourth-order valence-electron chi connectivity index (χ4n) is 2.92. The number of non-ortho nitro benzene ring substituents is 1. The molecule has 0 bridgehead atoms. The molecule has 3 rings (SSSR count). The van der Waals surface area contributed by atoms with Gasteiger partial charge in [0, 0.05) is 36.5 Å². The lowest BCUT2D eigenvalue weighted by molar-refractivity contribution is -0.384. The summed E-state index contributed by atoms with van der Waals surface area (Å²) in [5.74, 6) is -0.579. The number of benzene rings is 2. The van der Waals surface area contributed by atoms with Gasteiger partial charge in [-0.05, 0) is 37.6 Å². The van der Waals surface area contributed by atoms with Crippen molar-refractivity contribution in [3.05, 3.63) is 75.3 Å². The van der Waals surface area contributed by atoms with Crippen LogP contribution in [-0.2, 0) is 9.63 Å². The van der Waals surface area contributed by atoms with E-state index in [0.29, 0.717) is 5.56 Å². The number of anilines is 1. The van der Waals surface area contributed by atoms with Gasteiger partial charge in [0.25, 0.3) is 5.69 Å². The molecule has 0 saturated heterocycles. The van der Waals surface area contributed by atoms with Gasteiger partial charge in [0.05, 0.1) is 10.5 Å². The van der Waals surface area contributed by atoms with Gasteiger partial charge in [-0.15, -0.1) is 0 Å². The predicted molar refractivity (Wildman–Crippen MR) is 104 cm³/mol. The summed E-state index contributed by atoms with van der Waals surface area (Å²) in [6.45, 7) is 6.01. The molecule has 0 unspecified atom stereocenters. The van der Waals surface area contributed by atoms with E-state index in [4.69, 9.17) is 4.84 Å². The zero-order valence-electron chi connectivity index (χ0n) is 15.1. The van der Waals surface area contributed by atoms with Crippen molar-refractivity contribution in [2.75, 3.05) is 18.0 Å². The number of carbonyl (C=O) groups is 1. The summed E-state index contributed by atoms with van der Waals surface area (Å²) in [5.41, 5.74) is 2.86. The van der Waals surface area contributed by atoms with Crippen LogP contribution < -0.4 is 4.90 Å². The molecule has 2 aromatic rings. The van der Waals surface area contributed by atoms with Crippen molar-refractivity contribution >= 4 is 29.1 Å². The normalized spacial score (nSPS) is 14.8. The first-order valence-electron chi connectivity index (χ1n) is 8.64. The van der Waals surface area contributed by atoms with Crippen LogP contribution in [0.25, 0.3) is 6.08 Å². The molecule has 0 amide bonds. The topological polar surface area (TPSA) is 85.0 Å². The molecule has 0 saturated carbocycles. The van der Waals surface area contributed by atoms with Crippen LogP contribution in [0.2, 0.25) is 0 Å². The molecule has 2 aromatic carbocycles. The molecular formula is C20H19N3O4. The van der Waals surface area contributed by atoms with Gasteiger partial charge in [0.15, 0.2) is 0 Å². The number of nitro groups is 1. The average Bonchev–Trinajstić information content (AvgIpc) is 3.04.